The van der Waals surface area contributed by atoms with Gasteiger partial charge >= 0.3 is 0 Å². The first-order valence-corrected chi connectivity index (χ1v) is 6.42. The van der Waals surface area contributed by atoms with Gasteiger partial charge in [0.15, 0.2) is 0 Å². The van der Waals surface area contributed by atoms with Crippen molar-refractivity contribution in [2.45, 2.75) is 17.9 Å². The lowest BCUT2D eigenvalue weighted by molar-refractivity contribution is 0.122. The topological polar surface area (TPSA) is 81.4 Å². The van der Waals surface area contributed by atoms with Crippen LogP contribution in [0.15, 0.2) is 23.1 Å². The molecule has 1 unspecified atom stereocenters. The van der Waals surface area contributed by atoms with Gasteiger partial charge in [-0.05, 0) is 25.1 Å². The van der Waals surface area contributed by atoms with Crippen molar-refractivity contribution in [2.24, 2.45) is 0 Å². The largest absolute Gasteiger partial charge is 0.399 e. The number of ether oxygens (including phenoxy) is 1. The molecule has 3 N–H and O–H groups in total. The lowest BCUT2D eigenvalue weighted by Gasteiger charge is -2.12. The number of methoxy groups -OCH3 is 1. The fourth-order valence-corrected chi connectivity index (χ4v) is 2.34. The highest BCUT2D eigenvalue weighted by molar-refractivity contribution is 7.89. The predicted octanol–water partition coefficient (Wildman–Crippen LogP) is 0.721. The van der Waals surface area contributed by atoms with E-state index >= 15 is 0 Å². The number of hydrogen-bond acceptors (Lipinski definition) is 4. The van der Waals surface area contributed by atoms with Crippen molar-refractivity contribution >= 4 is 15.7 Å². The lowest BCUT2D eigenvalue weighted by atomic mass is 10.3. The maximum Gasteiger partial charge on any atom is 0.243 e. The van der Waals surface area contributed by atoms with E-state index in [0.29, 0.717) is 0 Å². The summed E-state index contributed by atoms with van der Waals surface area (Å²) in [6, 6.07) is 3.39. The van der Waals surface area contributed by atoms with Gasteiger partial charge in [-0.1, -0.05) is 0 Å². The van der Waals surface area contributed by atoms with Gasteiger partial charge in [-0.2, -0.15) is 0 Å². The van der Waals surface area contributed by atoms with Gasteiger partial charge in [0.25, 0.3) is 0 Å². The van der Waals surface area contributed by atoms with Crippen LogP contribution in [0.25, 0.3) is 0 Å². The maximum absolute atomic E-state index is 13.4. The molecule has 0 aliphatic carbocycles. The van der Waals surface area contributed by atoms with E-state index in [4.69, 9.17) is 10.5 Å². The molecule has 0 bridgehead atoms. The number of hydrogen-bond donors (Lipinski definition) is 2. The number of halogens is 1. The molecule has 1 aromatic rings. The van der Waals surface area contributed by atoms with Crippen molar-refractivity contribution in [3.05, 3.63) is 24.0 Å². The predicted molar refractivity (Wildman–Crippen MR) is 62.5 cm³/mol. The molecule has 0 aliphatic rings. The molecule has 0 saturated heterocycles. The highest BCUT2D eigenvalue weighted by atomic mass is 32.2. The Morgan fingerprint density at radius 1 is 1.53 bits per heavy atom. The number of sulfonamides is 1. The number of nitrogens with two attached hydrogens (primary N) is 1. The molecule has 17 heavy (non-hydrogen) atoms. The van der Waals surface area contributed by atoms with E-state index < -0.39 is 20.7 Å². The second-order valence-electron chi connectivity index (χ2n) is 3.59. The van der Waals surface area contributed by atoms with E-state index in [1.54, 1.807) is 6.92 Å². The fourth-order valence-electron chi connectivity index (χ4n) is 1.11. The second-order valence-corrected chi connectivity index (χ2v) is 5.32. The van der Waals surface area contributed by atoms with Gasteiger partial charge in [0.2, 0.25) is 10.0 Å². The van der Waals surface area contributed by atoms with Crippen LogP contribution in [0, 0.1) is 5.82 Å². The van der Waals surface area contributed by atoms with E-state index in [0.717, 1.165) is 12.1 Å². The normalized spacial score (nSPS) is 13.6. The molecule has 1 atom stereocenters. The summed E-state index contributed by atoms with van der Waals surface area (Å²) < 4.78 is 44.0. The zero-order valence-electron chi connectivity index (χ0n) is 9.60. The Morgan fingerprint density at radius 2 is 2.18 bits per heavy atom. The van der Waals surface area contributed by atoms with Crippen LogP contribution in [0.4, 0.5) is 10.1 Å². The minimum atomic E-state index is -3.90. The molecule has 0 saturated carbocycles. The molecule has 0 heterocycles. The van der Waals surface area contributed by atoms with Crippen LogP contribution in [-0.4, -0.2) is 28.2 Å². The SMILES string of the molecule is COC(C)CNS(=O)(=O)c1cc(N)ccc1F. The zero-order valence-corrected chi connectivity index (χ0v) is 10.4. The summed E-state index contributed by atoms with van der Waals surface area (Å²) in [5.74, 6) is -0.836. The summed E-state index contributed by atoms with van der Waals surface area (Å²) in [6.07, 6.45) is -0.297. The molecular formula is C10H15FN2O3S. The molecule has 1 aromatic carbocycles. The molecule has 0 aliphatic heterocycles. The van der Waals surface area contributed by atoms with E-state index in [-0.39, 0.29) is 18.3 Å². The highest BCUT2D eigenvalue weighted by Gasteiger charge is 2.19. The molecule has 7 heteroatoms. The number of anilines is 1. The van der Waals surface area contributed by atoms with Gasteiger partial charge in [-0.3, -0.25) is 0 Å². The van der Waals surface area contributed by atoms with Gasteiger partial charge in [-0.25, -0.2) is 17.5 Å². The van der Waals surface area contributed by atoms with Gasteiger partial charge in [0, 0.05) is 19.3 Å². The van der Waals surface area contributed by atoms with Crippen LogP contribution in [0.3, 0.4) is 0 Å². The maximum atomic E-state index is 13.4. The molecule has 0 spiro atoms. The third kappa shape index (κ3) is 3.65. The van der Waals surface area contributed by atoms with Crippen LogP contribution < -0.4 is 10.5 Å². The Bertz CT molecular complexity index is 490. The quantitative estimate of drug-likeness (QED) is 0.766. The Hall–Kier alpha value is -1.18. The number of rotatable bonds is 5. The Morgan fingerprint density at radius 3 is 2.76 bits per heavy atom. The first-order chi connectivity index (χ1) is 7.86. The Labute approximate surface area is 99.8 Å². The molecule has 1 rings (SSSR count). The van der Waals surface area contributed by atoms with Crippen molar-refractivity contribution < 1.29 is 17.5 Å². The summed E-state index contributed by atoms with van der Waals surface area (Å²) in [6.45, 7) is 1.76. The van der Waals surface area contributed by atoms with Crippen molar-refractivity contribution in [2.75, 3.05) is 19.4 Å². The highest BCUT2D eigenvalue weighted by Crippen LogP contribution is 2.17. The van der Waals surface area contributed by atoms with Crippen molar-refractivity contribution in [1.29, 1.82) is 0 Å². The van der Waals surface area contributed by atoms with E-state index in [9.17, 15) is 12.8 Å². The smallest absolute Gasteiger partial charge is 0.243 e. The van der Waals surface area contributed by atoms with E-state index in [1.165, 1.54) is 13.2 Å². The van der Waals surface area contributed by atoms with Gasteiger partial charge in [-0.15, -0.1) is 0 Å². The van der Waals surface area contributed by atoms with Crippen LogP contribution in [0.1, 0.15) is 6.92 Å². The Balaban J connectivity index is 2.93. The van der Waals surface area contributed by atoms with E-state index in [1.807, 2.05) is 0 Å². The van der Waals surface area contributed by atoms with Crippen LogP contribution in [-0.2, 0) is 14.8 Å². The summed E-state index contributed by atoms with van der Waals surface area (Å²) in [7, 11) is -2.45. The second kappa shape index (κ2) is 5.44. The van der Waals surface area contributed by atoms with Gasteiger partial charge in [0.05, 0.1) is 6.10 Å². The lowest BCUT2D eigenvalue weighted by Crippen LogP contribution is -2.32. The Kier molecular flexibility index (Phi) is 4.44. The van der Waals surface area contributed by atoms with Gasteiger partial charge < -0.3 is 10.5 Å². The average Bonchev–Trinajstić information content (AvgIpc) is 2.29. The average molecular weight is 262 g/mol. The van der Waals surface area contributed by atoms with Crippen LogP contribution in [0.5, 0.6) is 0 Å². The van der Waals surface area contributed by atoms with Crippen molar-refractivity contribution in [1.82, 2.24) is 4.72 Å². The third-order valence-electron chi connectivity index (χ3n) is 2.21. The standard InChI is InChI=1S/C10H15FN2O3S/c1-7(16-2)6-13-17(14,15)10-5-8(12)3-4-9(10)11/h3-5,7,13H,6,12H2,1-2H3. The van der Waals surface area contributed by atoms with Gasteiger partial charge in [0.1, 0.15) is 10.7 Å². The minimum absolute atomic E-state index is 0.0626. The number of benzene rings is 1. The molecule has 96 valence electrons. The molecule has 0 aromatic heterocycles. The number of nitrogen functional groups attached to an aromatic ring is 1. The summed E-state index contributed by atoms with van der Waals surface area (Å²) in [5.41, 5.74) is 5.61. The minimum Gasteiger partial charge on any atom is -0.399 e. The first kappa shape index (κ1) is 13.9. The zero-order chi connectivity index (χ0) is 13.1. The van der Waals surface area contributed by atoms with E-state index in [2.05, 4.69) is 4.72 Å². The van der Waals surface area contributed by atoms with Crippen molar-refractivity contribution in [3.63, 3.8) is 0 Å². The molecule has 0 radical (unpaired) electrons. The molecule has 5 nitrogen and oxygen atoms in total. The molecular weight excluding hydrogens is 247 g/mol. The number of nitrogens with one attached hydrogen (secondary N) is 1. The van der Waals surface area contributed by atoms with Crippen LogP contribution >= 0.6 is 0 Å². The fraction of sp³-hybridized carbons (Fsp3) is 0.400. The summed E-state index contributed by atoms with van der Waals surface area (Å²) >= 11 is 0. The summed E-state index contributed by atoms with van der Waals surface area (Å²) in [4.78, 5) is -0.458. The summed E-state index contributed by atoms with van der Waals surface area (Å²) in [5, 5.41) is 0. The first-order valence-electron chi connectivity index (χ1n) is 4.94. The van der Waals surface area contributed by atoms with Crippen molar-refractivity contribution in [3.8, 4) is 0 Å². The third-order valence-corrected chi connectivity index (χ3v) is 3.65. The van der Waals surface area contributed by atoms with Crippen LogP contribution in [0.2, 0.25) is 0 Å². The monoisotopic (exact) mass is 262 g/mol. The molecule has 0 fully saturated rings. The molecule has 0 amide bonds.